The van der Waals surface area contributed by atoms with Gasteiger partial charge in [0.2, 0.25) is 0 Å². The van der Waals surface area contributed by atoms with Crippen LogP contribution in [0.1, 0.15) is 28.8 Å². The standard InChI is InChI=1S/C17H14F3N3O3/c18-17(19,20)11-2-4-13(5-3-11)22-16(24)10-1-8-14(21-12-6-7-12)15(9-10)23(25)26/h1-5,8-9,12,21H,6-7H2,(H,22,24). The van der Waals surface area contributed by atoms with Crippen LogP contribution in [-0.4, -0.2) is 16.9 Å². The minimum absolute atomic E-state index is 0.0398. The molecule has 2 aromatic carbocycles. The number of alkyl halides is 3. The molecule has 136 valence electrons. The van der Waals surface area contributed by atoms with Crippen LogP contribution in [0.3, 0.4) is 0 Å². The number of rotatable bonds is 5. The average Bonchev–Trinajstić information content (AvgIpc) is 3.38. The maximum Gasteiger partial charge on any atom is 0.416 e. The second-order valence-electron chi connectivity index (χ2n) is 5.94. The SMILES string of the molecule is O=C(Nc1ccc(C(F)(F)F)cc1)c1ccc(NC2CC2)c([N+](=O)[O-])c1. The number of nitrogens with zero attached hydrogens (tertiary/aromatic N) is 1. The van der Waals surface area contributed by atoms with Gasteiger partial charge >= 0.3 is 6.18 Å². The fourth-order valence-corrected chi connectivity index (χ4v) is 2.34. The summed E-state index contributed by atoms with van der Waals surface area (Å²) in [5.74, 6) is -0.647. The lowest BCUT2D eigenvalue weighted by atomic mass is 10.1. The molecular formula is C17H14F3N3O3. The molecule has 1 saturated carbocycles. The molecule has 0 radical (unpaired) electrons. The molecule has 2 aromatic rings. The van der Waals surface area contributed by atoms with Gasteiger partial charge in [0.15, 0.2) is 0 Å². The van der Waals surface area contributed by atoms with Crippen molar-refractivity contribution in [3.05, 3.63) is 63.7 Å². The highest BCUT2D eigenvalue weighted by atomic mass is 19.4. The zero-order chi connectivity index (χ0) is 18.9. The number of nitrogens with one attached hydrogen (secondary N) is 2. The smallest absolute Gasteiger partial charge is 0.377 e. The van der Waals surface area contributed by atoms with Crippen LogP contribution in [0, 0.1) is 10.1 Å². The normalized spacial score (nSPS) is 14.0. The Bertz CT molecular complexity index is 847. The Hall–Kier alpha value is -3.10. The molecule has 9 heteroatoms. The van der Waals surface area contributed by atoms with Crippen LogP contribution >= 0.6 is 0 Å². The van der Waals surface area contributed by atoms with Crippen molar-refractivity contribution in [1.29, 1.82) is 0 Å². The summed E-state index contributed by atoms with van der Waals surface area (Å²) in [5.41, 5.74) is -0.522. The van der Waals surface area contributed by atoms with Crippen molar-refractivity contribution < 1.29 is 22.9 Å². The number of hydrogen-bond acceptors (Lipinski definition) is 4. The molecule has 0 heterocycles. The molecule has 0 unspecified atom stereocenters. The van der Waals surface area contributed by atoms with Crippen molar-refractivity contribution in [2.45, 2.75) is 25.1 Å². The van der Waals surface area contributed by atoms with Gasteiger partial charge in [-0.05, 0) is 49.2 Å². The summed E-state index contributed by atoms with van der Waals surface area (Å²) < 4.78 is 37.6. The third-order valence-corrected chi connectivity index (χ3v) is 3.86. The van der Waals surface area contributed by atoms with E-state index in [2.05, 4.69) is 10.6 Å². The van der Waals surface area contributed by atoms with Gasteiger partial charge in [0.05, 0.1) is 10.5 Å². The summed E-state index contributed by atoms with van der Waals surface area (Å²) in [4.78, 5) is 22.9. The zero-order valence-corrected chi connectivity index (χ0v) is 13.3. The molecule has 1 fully saturated rings. The van der Waals surface area contributed by atoms with E-state index in [1.54, 1.807) is 0 Å². The molecule has 0 aliphatic heterocycles. The van der Waals surface area contributed by atoms with Crippen molar-refractivity contribution in [2.24, 2.45) is 0 Å². The Morgan fingerprint density at radius 1 is 1.12 bits per heavy atom. The van der Waals surface area contributed by atoms with E-state index in [-0.39, 0.29) is 23.0 Å². The summed E-state index contributed by atoms with van der Waals surface area (Å²) in [5, 5.41) is 16.7. The quantitative estimate of drug-likeness (QED) is 0.606. The summed E-state index contributed by atoms with van der Waals surface area (Å²) in [6, 6.07) is 8.18. The summed E-state index contributed by atoms with van der Waals surface area (Å²) in [6.07, 6.45) is -2.59. The largest absolute Gasteiger partial charge is 0.416 e. The second-order valence-corrected chi connectivity index (χ2v) is 5.94. The molecule has 2 N–H and O–H groups in total. The number of carbonyl (C=O) groups is 1. The third-order valence-electron chi connectivity index (χ3n) is 3.86. The van der Waals surface area contributed by atoms with Crippen LogP contribution in [0.5, 0.6) is 0 Å². The molecule has 3 rings (SSSR count). The Balaban J connectivity index is 1.76. The molecule has 1 aliphatic carbocycles. The number of anilines is 2. The molecule has 1 aliphatic rings. The van der Waals surface area contributed by atoms with E-state index in [0.717, 1.165) is 43.2 Å². The number of benzene rings is 2. The number of amides is 1. The number of halogens is 3. The predicted molar refractivity (Wildman–Crippen MR) is 89.1 cm³/mol. The Kier molecular flexibility index (Phi) is 4.54. The molecule has 0 atom stereocenters. The summed E-state index contributed by atoms with van der Waals surface area (Å²) >= 11 is 0. The van der Waals surface area contributed by atoms with Crippen LogP contribution in [-0.2, 0) is 6.18 Å². The van der Waals surface area contributed by atoms with Gasteiger partial charge < -0.3 is 10.6 Å². The van der Waals surface area contributed by atoms with E-state index in [1.165, 1.54) is 12.1 Å². The highest BCUT2D eigenvalue weighted by Gasteiger charge is 2.30. The fourth-order valence-electron chi connectivity index (χ4n) is 2.34. The van der Waals surface area contributed by atoms with Gasteiger partial charge in [-0.1, -0.05) is 0 Å². The summed E-state index contributed by atoms with van der Waals surface area (Å²) in [7, 11) is 0. The average molecular weight is 365 g/mol. The number of nitro benzene ring substituents is 1. The van der Waals surface area contributed by atoms with Crippen LogP contribution in [0.4, 0.5) is 30.2 Å². The van der Waals surface area contributed by atoms with Gasteiger partial charge in [-0.25, -0.2) is 0 Å². The number of hydrogen-bond donors (Lipinski definition) is 2. The lowest BCUT2D eigenvalue weighted by Crippen LogP contribution is -2.13. The molecule has 0 bridgehead atoms. The van der Waals surface area contributed by atoms with E-state index in [1.807, 2.05) is 0 Å². The predicted octanol–water partition coefficient (Wildman–Crippen LogP) is 4.44. The highest BCUT2D eigenvalue weighted by molar-refractivity contribution is 6.05. The van der Waals surface area contributed by atoms with Crippen LogP contribution < -0.4 is 10.6 Å². The zero-order valence-electron chi connectivity index (χ0n) is 13.3. The molecular weight excluding hydrogens is 351 g/mol. The Morgan fingerprint density at radius 2 is 1.77 bits per heavy atom. The van der Waals surface area contributed by atoms with E-state index >= 15 is 0 Å². The lowest BCUT2D eigenvalue weighted by molar-refractivity contribution is -0.384. The summed E-state index contributed by atoms with van der Waals surface area (Å²) in [6.45, 7) is 0. The molecule has 0 spiro atoms. The molecule has 6 nitrogen and oxygen atoms in total. The monoisotopic (exact) mass is 365 g/mol. The first kappa shape index (κ1) is 17.7. The van der Waals surface area contributed by atoms with Gasteiger partial charge in [-0.3, -0.25) is 14.9 Å². The van der Waals surface area contributed by atoms with Crippen LogP contribution in [0.25, 0.3) is 0 Å². The topological polar surface area (TPSA) is 84.3 Å². The molecule has 1 amide bonds. The minimum Gasteiger partial charge on any atom is -0.377 e. The van der Waals surface area contributed by atoms with Crippen molar-refractivity contribution in [3.63, 3.8) is 0 Å². The van der Waals surface area contributed by atoms with Crippen molar-refractivity contribution in [2.75, 3.05) is 10.6 Å². The van der Waals surface area contributed by atoms with E-state index in [4.69, 9.17) is 0 Å². The fraction of sp³-hybridized carbons (Fsp3) is 0.235. The number of carbonyl (C=O) groups excluding carboxylic acids is 1. The van der Waals surface area contributed by atoms with Gasteiger partial charge in [-0.15, -0.1) is 0 Å². The van der Waals surface area contributed by atoms with Crippen LogP contribution in [0.15, 0.2) is 42.5 Å². The van der Waals surface area contributed by atoms with Crippen molar-refractivity contribution >= 4 is 23.0 Å². The first-order valence-electron chi connectivity index (χ1n) is 7.77. The maximum atomic E-state index is 12.5. The first-order chi connectivity index (χ1) is 12.2. The molecule has 0 saturated heterocycles. The van der Waals surface area contributed by atoms with Gasteiger partial charge in [0.1, 0.15) is 5.69 Å². The molecule has 26 heavy (non-hydrogen) atoms. The third kappa shape index (κ3) is 4.11. The number of nitro groups is 1. The lowest BCUT2D eigenvalue weighted by Gasteiger charge is -2.10. The second kappa shape index (κ2) is 6.66. The van der Waals surface area contributed by atoms with E-state index in [9.17, 15) is 28.1 Å². The van der Waals surface area contributed by atoms with Gasteiger partial charge in [0.25, 0.3) is 11.6 Å². The van der Waals surface area contributed by atoms with E-state index < -0.39 is 22.6 Å². The Morgan fingerprint density at radius 3 is 2.31 bits per heavy atom. The van der Waals surface area contributed by atoms with Gasteiger partial charge in [-0.2, -0.15) is 13.2 Å². The maximum absolute atomic E-state index is 12.5. The molecule has 0 aromatic heterocycles. The highest BCUT2D eigenvalue weighted by Crippen LogP contribution is 2.32. The van der Waals surface area contributed by atoms with Crippen molar-refractivity contribution in [1.82, 2.24) is 0 Å². The minimum atomic E-state index is -4.46. The van der Waals surface area contributed by atoms with E-state index in [0.29, 0.717) is 5.69 Å². The van der Waals surface area contributed by atoms with Crippen molar-refractivity contribution in [3.8, 4) is 0 Å². The van der Waals surface area contributed by atoms with Gasteiger partial charge in [0, 0.05) is 23.4 Å². The van der Waals surface area contributed by atoms with Crippen LogP contribution in [0.2, 0.25) is 0 Å². The first-order valence-corrected chi connectivity index (χ1v) is 7.77. The Labute approximate surface area is 146 Å².